The monoisotopic (exact) mass is 594 g/mol. The van der Waals surface area contributed by atoms with Crippen molar-refractivity contribution in [2.75, 3.05) is 4.90 Å². The first kappa shape index (κ1) is 26.9. The zero-order valence-electron chi connectivity index (χ0n) is 26.5. The Kier molecular flexibility index (Phi) is 5.59. The molecular formula is C43H34N2O. The van der Waals surface area contributed by atoms with Gasteiger partial charge in [-0.05, 0) is 99.1 Å². The summed E-state index contributed by atoms with van der Waals surface area (Å²) in [5.41, 5.74) is 16.4. The molecule has 0 atom stereocenters. The Bertz CT molecular complexity index is 2220. The number of fused-ring (bicyclic) bond motifs is 7. The standard InChI is InChI=1S/C43H34N2O/c1-42(2)35-16-10-8-14-31(35)33-21-18-28(24-37(33)42)45(29-19-22-34-32-15-9-11-17-36(32)43(3,4)38(34)25-29)30-20-23-40-39(26-30)44-41(46-40)27-12-6-5-7-13-27/h5-26H,1-4H3. The topological polar surface area (TPSA) is 29.3 Å². The minimum atomic E-state index is -0.101. The van der Waals surface area contributed by atoms with Gasteiger partial charge in [-0.2, -0.15) is 0 Å². The quantitative estimate of drug-likeness (QED) is 0.203. The Morgan fingerprint density at radius 3 is 1.54 bits per heavy atom. The van der Waals surface area contributed by atoms with E-state index in [0.717, 1.165) is 33.7 Å². The Morgan fingerprint density at radius 2 is 0.957 bits per heavy atom. The van der Waals surface area contributed by atoms with Crippen molar-refractivity contribution in [2.45, 2.75) is 38.5 Å². The van der Waals surface area contributed by atoms with E-state index in [-0.39, 0.29) is 10.8 Å². The fourth-order valence-corrected chi connectivity index (χ4v) is 7.87. The number of hydrogen-bond donors (Lipinski definition) is 0. The molecule has 2 aliphatic carbocycles. The lowest BCUT2D eigenvalue weighted by atomic mass is 9.82. The van der Waals surface area contributed by atoms with E-state index in [1.54, 1.807) is 0 Å². The lowest BCUT2D eigenvalue weighted by Crippen LogP contribution is -2.18. The summed E-state index contributed by atoms with van der Waals surface area (Å²) in [7, 11) is 0. The Hall–Kier alpha value is -5.41. The Balaban J connectivity index is 1.23. The molecule has 0 spiro atoms. The van der Waals surface area contributed by atoms with E-state index in [0.29, 0.717) is 5.89 Å². The maximum Gasteiger partial charge on any atom is 0.227 e. The molecule has 0 amide bonds. The molecule has 0 aliphatic heterocycles. The van der Waals surface area contributed by atoms with Crippen molar-refractivity contribution in [3.8, 4) is 33.7 Å². The largest absolute Gasteiger partial charge is 0.436 e. The van der Waals surface area contributed by atoms with E-state index >= 15 is 0 Å². The van der Waals surface area contributed by atoms with Gasteiger partial charge in [0.2, 0.25) is 5.89 Å². The van der Waals surface area contributed by atoms with E-state index in [4.69, 9.17) is 9.40 Å². The lowest BCUT2D eigenvalue weighted by molar-refractivity contribution is 0.620. The molecule has 7 aromatic rings. The third kappa shape index (κ3) is 3.81. The number of rotatable bonds is 4. The van der Waals surface area contributed by atoms with Crippen molar-refractivity contribution in [3.63, 3.8) is 0 Å². The minimum Gasteiger partial charge on any atom is -0.436 e. The predicted molar refractivity (Wildman–Crippen MR) is 189 cm³/mol. The molecule has 2 aliphatic rings. The highest BCUT2D eigenvalue weighted by molar-refractivity contribution is 5.90. The van der Waals surface area contributed by atoms with Crippen molar-refractivity contribution < 1.29 is 4.42 Å². The summed E-state index contributed by atoms with van der Waals surface area (Å²) in [6.45, 7) is 9.36. The van der Waals surface area contributed by atoms with Crippen molar-refractivity contribution in [1.29, 1.82) is 0 Å². The summed E-state index contributed by atoms with van der Waals surface area (Å²) in [6, 6.07) is 48.1. The molecule has 46 heavy (non-hydrogen) atoms. The maximum atomic E-state index is 6.22. The summed E-state index contributed by atoms with van der Waals surface area (Å²) in [5.74, 6) is 0.633. The first-order valence-electron chi connectivity index (χ1n) is 16.1. The average molecular weight is 595 g/mol. The highest BCUT2D eigenvalue weighted by Crippen LogP contribution is 2.53. The van der Waals surface area contributed by atoms with Crippen molar-refractivity contribution >= 4 is 28.2 Å². The lowest BCUT2D eigenvalue weighted by Gasteiger charge is -2.29. The van der Waals surface area contributed by atoms with Crippen LogP contribution in [0.15, 0.2) is 138 Å². The third-order valence-electron chi connectivity index (χ3n) is 10.3. The molecular weight excluding hydrogens is 560 g/mol. The smallest absolute Gasteiger partial charge is 0.227 e. The van der Waals surface area contributed by atoms with Crippen LogP contribution in [-0.2, 0) is 10.8 Å². The number of benzene rings is 6. The van der Waals surface area contributed by atoms with Crippen LogP contribution in [0.1, 0.15) is 49.9 Å². The first-order chi connectivity index (χ1) is 22.3. The van der Waals surface area contributed by atoms with E-state index in [2.05, 4.69) is 136 Å². The second-order valence-electron chi connectivity index (χ2n) is 13.7. The highest BCUT2D eigenvalue weighted by atomic mass is 16.3. The van der Waals surface area contributed by atoms with Gasteiger partial charge in [-0.3, -0.25) is 0 Å². The highest BCUT2D eigenvalue weighted by Gasteiger charge is 2.37. The number of nitrogens with zero attached hydrogens (tertiary/aromatic N) is 2. The fourth-order valence-electron chi connectivity index (χ4n) is 7.87. The zero-order valence-corrected chi connectivity index (χ0v) is 26.5. The van der Waals surface area contributed by atoms with Gasteiger partial charge in [0.05, 0.1) is 0 Å². The molecule has 1 aromatic heterocycles. The first-order valence-corrected chi connectivity index (χ1v) is 16.1. The van der Waals surface area contributed by atoms with Gasteiger partial charge in [-0.1, -0.05) is 107 Å². The predicted octanol–water partition coefficient (Wildman–Crippen LogP) is 11.6. The molecule has 0 saturated heterocycles. The molecule has 0 radical (unpaired) electrons. The Morgan fingerprint density at radius 1 is 0.478 bits per heavy atom. The van der Waals surface area contributed by atoms with Crippen molar-refractivity contribution in [3.05, 3.63) is 156 Å². The van der Waals surface area contributed by atoms with Gasteiger partial charge in [-0.15, -0.1) is 0 Å². The maximum absolute atomic E-state index is 6.22. The van der Waals surface area contributed by atoms with E-state index in [1.807, 2.05) is 30.3 Å². The van der Waals surface area contributed by atoms with Gasteiger partial charge < -0.3 is 9.32 Å². The third-order valence-corrected chi connectivity index (χ3v) is 10.3. The summed E-state index contributed by atoms with van der Waals surface area (Å²) in [5, 5.41) is 0. The van der Waals surface area contributed by atoms with Crippen LogP contribution in [0, 0.1) is 0 Å². The fraction of sp³-hybridized carbons (Fsp3) is 0.140. The van der Waals surface area contributed by atoms with E-state index in [1.165, 1.54) is 44.5 Å². The van der Waals surface area contributed by atoms with Crippen LogP contribution in [0.2, 0.25) is 0 Å². The van der Waals surface area contributed by atoms with E-state index in [9.17, 15) is 0 Å². The number of hydrogen-bond acceptors (Lipinski definition) is 3. The van der Waals surface area contributed by atoms with Crippen LogP contribution < -0.4 is 4.90 Å². The molecule has 222 valence electrons. The molecule has 6 aromatic carbocycles. The second kappa shape index (κ2) is 9.55. The van der Waals surface area contributed by atoms with Gasteiger partial charge in [0, 0.05) is 33.5 Å². The van der Waals surface area contributed by atoms with Crippen LogP contribution in [0.3, 0.4) is 0 Å². The van der Waals surface area contributed by atoms with Crippen LogP contribution in [0.5, 0.6) is 0 Å². The summed E-state index contributed by atoms with van der Waals surface area (Å²) < 4.78 is 6.22. The van der Waals surface area contributed by atoms with Crippen LogP contribution in [0.4, 0.5) is 17.1 Å². The summed E-state index contributed by atoms with van der Waals surface area (Å²) >= 11 is 0. The van der Waals surface area contributed by atoms with Crippen LogP contribution in [-0.4, -0.2) is 4.98 Å². The SMILES string of the molecule is CC1(C)c2ccccc2-c2ccc(N(c3ccc4c(c3)C(C)(C)c3ccccc3-4)c3ccc4oc(-c5ccccc5)nc4c3)cc21. The number of anilines is 3. The molecule has 3 heteroatoms. The zero-order chi connectivity index (χ0) is 31.2. The number of oxazole rings is 1. The molecule has 0 saturated carbocycles. The molecule has 0 fully saturated rings. The molecule has 9 rings (SSSR count). The van der Waals surface area contributed by atoms with Gasteiger partial charge in [-0.25, -0.2) is 4.98 Å². The molecule has 0 N–H and O–H groups in total. The van der Waals surface area contributed by atoms with Crippen molar-refractivity contribution in [1.82, 2.24) is 4.98 Å². The number of aromatic nitrogens is 1. The van der Waals surface area contributed by atoms with Gasteiger partial charge in [0.25, 0.3) is 0 Å². The van der Waals surface area contributed by atoms with Crippen LogP contribution in [0.25, 0.3) is 44.8 Å². The Labute approximate surface area is 269 Å². The van der Waals surface area contributed by atoms with Crippen LogP contribution >= 0.6 is 0 Å². The summed E-state index contributed by atoms with van der Waals surface area (Å²) in [4.78, 5) is 7.32. The molecule has 3 nitrogen and oxygen atoms in total. The molecule has 0 unspecified atom stereocenters. The van der Waals surface area contributed by atoms with Crippen molar-refractivity contribution in [2.24, 2.45) is 0 Å². The molecule has 1 heterocycles. The van der Waals surface area contributed by atoms with Gasteiger partial charge in [0.15, 0.2) is 5.58 Å². The average Bonchev–Trinajstić information content (AvgIpc) is 3.69. The van der Waals surface area contributed by atoms with E-state index < -0.39 is 0 Å². The molecule has 0 bridgehead atoms. The second-order valence-corrected chi connectivity index (χ2v) is 13.7. The van der Waals surface area contributed by atoms with Gasteiger partial charge in [0.1, 0.15) is 5.52 Å². The van der Waals surface area contributed by atoms with Gasteiger partial charge >= 0.3 is 0 Å². The normalized spacial score (nSPS) is 14.9. The minimum absolute atomic E-state index is 0.101. The summed E-state index contributed by atoms with van der Waals surface area (Å²) in [6.07, 6.45) is 0.